The van der Waals surface area contributed by atoms with Crippen molar-refractivity contribution in [2.24, 2.45) is 11.3 Å². The van der Waals surface area contributed by atoms with Crippen LogP contribution in [-0.4, -0.2) is 106 Å². The van der Waals surface area contributed by atoms with Gasteiger partial charge in [0.1, 0.15) is 5.00 Å². The van der Waals surface area contributed by atoms with Crippen molar-refractivity contribution in [3.05, 3.63) is 6.20 Å². The molecule has 0 saturated carbocycles. The predicted octanol–water partition coefficient (Wildman–Crippen LogP) is 1.37. The lowest BCUT2D eigenvalue weighted by molar-refractivity contribution is 0.122. The van der Waals surface area contributed by atoms with E-state index in [4.69, 9.17) is 9.72 Å². The Morgan fingerprint density at radius 1 is 1.09 bits per heavy atom. The third-order valence-electron chi connectivity index (χ3n) is 7.35. The number of ether oxygens (including phenoxy) is 1. The smallest absolute Gasteiger partial charge is 0.320 e. The maximum Gasteiger partial charge on any atom is 0.320 e. The second kappa shape index (κ2) is 8.32. The van der Waals surface area contributed by atoms with Gasteiger partial charge in [-0.05, 0) is 17.8 Å². The molecule has 2 atom stereocenters. The molecule has 2 unspecified atom stereocenters. The molecule has 6 rings (SSSR count). The van der Waals surface area contributed by atoms with Gasteiger partial charge in [-0.2, -0.15) is 0 Å². The molecule has 5 aliphatic heterocycles. The van der Waals surface area contributed by atoms with Crippen molar-refractivity contribution >= 4 is 37.3 Å². The summed E-state index contributed by atoms with van der Waals surface area (Å²) in [5.74, 6) is 0.528. The first-order valence-electron chi connectivity index (χ1n) is 11.5. The number of hydrogen-bond donors (Lipinski definition) is 0. The van der Waals surface area contributed by atoms with E-state index < -0.39 is 9.84 Å². The highest BCUT2D eigenvalue weighted by Crippen LogP contribution is 2.45. The highest BCUT2D eigenvalue weighted by molar-refractivity contribution is 7.91. The number of thiazole rings is 1. The van der Waals surface area contributed by atoms with Crippen LogP contribution in [0.1, 0.15) is 20.3 Å². The monoisotopic (exact) mass is 483 g/mol. The first-order chi connectivity index (χ1) is 15.2. The predicted molar refractivity (Wildman–Crippen MR) is 125 cm³/mol. The molecule has 5 fully saturated rings. The number of piperidine rings is 1. The Labute approximate surface area is 194 Å². The lowest BCUT2D eigenvalue weighted by atomic mass is 9.73. The van der Waals surface area contributed by atoms with Crippen LogP contribution in [-0.2, 0) is 14.6 Å². The summed E-state index contributed by atoms with van der Waals surface area (Å²) in [4.78, 5) is 26.5. The molecule has 1 aromatic rings. The van der Waals surface area contributed by atoms with Crippen molar-refractivity contribution in [3.8, 4) is 0 Å². The number of carbonyl (C=O) groups excluding carboxylic acids is 1. The summed E-state index contributed by atoms with van der Waals surface area (Å²) in [5, 5.41) is 2.22. The van der Waals surface area contributed by atoms with Gasteiger partial charge in [-0.15, -0.1) is 0 Å². The number of fused-ring (bicyclic) bond motifs is 4. The quantitative estimate of drug-likeness (QED) is 0.628. The van der Waals surface area contributed by atoms with Crippen molar-refractivity contribution in [3.63, 3.8) is 0 Å². The second-order valence-corrected chi connectivity index (χ2v) is 13.4. The zero-order valence-corrected chi connectivity index (χ0v) is 20.5. The molecule has 6 heterocycles. The second-order valence-electron chi connectivity index (χ2n) is 10.1. The molecule has 5 saturated heterocycles. The van der Waals surface area contributed by atoms with Gasteiger partial charge in [0.15, 0.2) is 15.0 Å². The fourth-order valence-corrected chi connectivity index (χ4v) is 7.86. The van der Waals surface area contributed by atoms with E-state index >= 15 is 0 Å². The highest BCUT2D eigenvalue weighted by Gasteiger charge is 2.48. The summed E-state index contributed by atoms with van der Waals surface area (Å²) in [6.07, 6.45) is 3.08. The van der Waals surface area contributed by atoms with Crippen LogP contribution in [0.4, 0.5) is 14.9 Å². The minimum Gasteiger partial charge on any atom is -0.378 e. The zero-order chi connectivity index (χ0) is 22.5. The molecule has 2 bridgehead atoms. The Morgan fingerprint density at radius 2 is 1.81 bits per heavy atom. The lowest BCUT2D eigenvalue weighted by Gasteiger charge is -2.47. The molecule has 2 amide bonds. The third-order valence-corrected chi connectivity index (χ3v) is 10.1. The van der Waals surface area contributed by atoms with Gasteiger partial charge in [-0.25, -0.2) is 18.2 Å². The molecule has 0 spiro atoms. The fourth-order valence-electron chi connectivity index (χ4n) is 5.63. The van der Waals surface area contributed by atoms with E-state index in [0.29, 0.717) is 25.6 Å². The Bertz CT molecular complexity index is 945. The number of hydrogen-bond acceptors (Lipinski definition) is 8. The van der Waals surface area contributed by atoms with Crippen molar-refractivity contribution < 1.29 is 17.9 Å². The third kappa shape index (κ3) is 4.31. The van der Waals surface area contributed by atoms with Crippen molar-refractivity contribution in [1.29, 1.82) is 0 Å². The fraction of sp³-hybridized carbons (Fsp3) is 0.810. The van der Waals surface area contributed by atoms with Crippen LogP contribution < -0.4 is 9.80 Å². The number of amides is 2. The number of urea groups is 1. The van der Waals surface area contributed by atoms with Crippen LogP contribution in [0.3, 0.4) is 0 Å². The standard InChI is InChI=1S/C21H33N5O4S2/c1-21(2)11-16-13-25(20(27)24-5-9-32(28,29)10-6-24)15-17(21)26(14-16)18-12-22-19(31-18)23-3-7-30-8-4-23/h12,16-17H,3-11,13-15H2,1-2H3. The van der Waals surface area contributed by atoms with Crippen molar-refractivity contribution in [2.45, 2.75) is 26.3 Å². The number of nitrogens with zero attached hydrogens (tertiary/aromatic N) is 5. The summed E-state index contributed by atoms with van der Waals surface area (Å²) in [7, 11) is -3.00. The maximum atomic E-state index is 13.3. The van der Waals surface area contributed by atoms with Gasteiger partial charge in [0.05, 0.1) is 37.0 Å². The molecule has 1 aromatic heterocycles. The van der Waals surface area contributed by atoms with Gasteiger partial charge in [0.2, 0.25) is 0 Å². The molecule has 11 heteroatoms. The normalized spacial score (nSPS) is 29.8. The molecular weight excluding hydrogens is 450 g/mol. The Morgan fingerprint density at radius 3 is 2.53 bits per heavy atom. The first-order valence-corrected chi connectivity index (χ1v) is 14.2. The summed E-state index contributed by atoms with van der Waals surface area (Å²) in [6, 6.07) is 0.199. The summed E-state index contributed by atoms with van der Waals surface area (Å²) in [5.41, 5.74) is 0.0757. The summed E-state index contributed by atoms with van der Waals surface area (Å²) >= 11 is 1.74. The Balaban J connectivity index is 1.34. The number of anilines is 2. The Hall–Kier alpha value is -1.59. The van der Waals surface area contributed by atoms with E-state index in [-0.39, 0.29) is 29.0 Å². The molecule has 0 radical (unpaired) electrons. The van der Waals surface area contributed by atoms with Gasteiger partial charge in [-0.3, -0.25) is 0 Å². The lowest BCUT2D eigenvalue weighted by Crippen LogP contribution is -2.55. The molecule has 32 heavy (non-hydrogen) atoms. The number of rotatable bonds is 2. The molecule has 0 aliphatic carbocycles. The minimum atomic E-state index is -3.00. The number of aromatic nitrogens is 1. The molecule has 0 aromatic carbocycles. The van der Waals surface area contributed by atoms with Gasteiger partial charge in [-0.1, -0.05) is 25.2 Å². The van der Waals surface area contributed by atoms with Gasteiger partial charge in [0.25, 0.3) is 0 Å². The van der Waals surface area contributed by atoms with Gasteiger partial charge >= 0.3 is 6.03 Å². The average molecular weight is 484 g/mol. The van der Waals surface area contributed by atoms with E-state index in [1.807, 2.05) is 11.1 Å². The van der Waals surface area contributed by atoms with Crippen LogP contribution in [0, 0.1) is 11.3 Å². The van der Waals surface area contributed by atoms with Crippen LogP contribution in [0.25, 0.3) is 0 Å². The van der Waals surface area contributed by atoms with E-state index in [1.165, 1.54) is 5.00 Å². The number of sulfone groups is 1. The minimum absolute atomic E-state index is 0.00670. The van der Waals surface area contributed by atoms with Crippen LogP contribution in [0.5, 0.6) is 0 Å². The molecular formula is C21H33N5O4S2. The SMILES string of the molecule is CC1(C)CC2CN(C(=O)N3CCS(=O)(=O)CC3)CC1N(c1cnc(N3CCOCC3)s1)C2. The van der Waals surface area contributed by atoms with Crippen LogP contribution >= 0.6 is 11.3 Å². The van der Waals surface area contributed by atoms with Crippen molar-refractivity contribution in [1.82, 2.24) is 14.8 Å². The summed E-state index contributed by atoms with van der Waals surface area (Å²) in [6.45, 7) is 10.8. The van der Waals surface area contributed by atoms with E-state index in [2.05, 4.69) is 23.6 Å². The molecule has 9 nitrogen and oxygen atoms in total. The van der Waals surface area contributed by atoms with E-state index in [0.717, 1.165) is 50.9 Å². The largest absolute Gasteiger partial charge is 0.378 e. The topological polar surface area (TPSA) is 86.3 Å². The first kappa shape index (κ1) is 22.2. The van der Waals surface area contributed by atoms with E-state index in [1.54, 1.807) is 16.2 Å². The van der Waals surface area contributed by atoms with Gasteiger partial charge in [0, 0.05) is 45.8 Å². The number of morpholine rings is 1. The summed E-state index contributed by atoms with van der Waals surface area (Å²) < 4.78 is 29.1. The van der Waals surface area contributed by atoms with Gasteiger partial charge < -0.3 is 24.3 Å². The number of carbonyl (C=O) groups is 1. The zero-order valence-electron chi connectivity index (χ0n) is 18.9. The maximum absolute atomic E-state index is 13.3. The van der Waals surface area contributed by atoms with Crippen molar-refractivity contribution in [2.75, 3.05) is 80.3 Å². The highest BCUT2D eigenvalue weighted by atomic mass is 32.2. The molecule has 178 valence electrons. The average Bonchev–Trinajstić information content (AvgIpc) is 3.11. The van der Waals surface area contributed by atoms with Crippen LogP contribution in [0.2, 0.25) is 0 Å². The molecule has 0 N–H and O–H groups in total. The molecule has 5 aliphatic rings. The Kier molecular flexibility index (Phi) is 5.78. The van der Waals surface area contributed by atoms with Crippen LogP contribution in [0.15, 0.2) is 6.20 Å². The van der Waals surface area contributed by atoms with E-state index in [9.17, 15) is 13.2 Å².